The molecule has 0 saturated carbocycles. The van der Waals surface area contributed by atoms with E-state index in [0.29, 0.717) is 0 Å². The highest BCUT2D eigenvalue weighted by Crippen LogP contribution is 2.37. The van der Waals surface area contributed by atoms with Crippen LogP contribution in [0.25, 0.3) is 0 Å². The second kappa shape index (κ2) is 7.44. The highest BCUT2D eigenvalue weighted by molar-refractivity contribution is 7.99. The van der Waals surface area contributed by atoms with E-state index in [0.717, 1.165) is 46.7 Å². The SMILES string of the molecule is Cc1ccc(Sc2ncnc(Nc3cc(F)ccc3F)c2[N+](=O)[O-])cc1. The lowest BCUT2D eigenvalue weighted by Gasteiger charge is -2.09. The Balaban J connectivity index is 1.99. The van der Waals surface area contributed by atoms with E-state index >= 15 is 0 Å². The van der Waals surface area contributed by atoms with Gasteiger partial charge in [0.25, 0.3) is 0 Å². The van der Waals surface area contributed by atoms with E-state index in [1.54, 1.807) is 0 Å². The van der Waals surface area contributed by atoms with Crippen molar-refractivity contribution in [2.45, 2.75) is 16.8 Å². The fraction of sp³-hybridized carbons (Fsp3) is 0.0588. The Morgan fingerprint density at radius 1 is 1.12 bits per heavy atom. The standard InChI is InChI=1S/C17H12F2N4O2S/c1-10-2-5-12(6-3-10)26-17-15(23(24)25)16(20-9-21-17)22-14-8-11(18)4-7-13(14)19/h2-9H,1H3,(H,20,21,22). The summed E-state index contributed by atoms with van der Waals surface area (Å²) < 4.78 is 27.2. The van der Waals surface area contributed by atoms with E-state index in [4.69, 9.17) is 0 Å². The largest absolute Gasteiger partial charge is 0.343 e. The summed E-state index contributed by atoms with van der Waals surface area (Å²) >= 11 is 1.08. The number of anilines is 2. The topological polar surface area (TPSA) is 81.0 Å². The minimum absolute atomic E-state index is 0.0909. The van der Waals surface area contributed by atoms with Crippen LogP contribution in [0, 0.1) is 28.7 Å². The van der Waals surface area contributed by atoms with E-state index in [2.05, 4.69) is 15.3 Å². The zero-order valence-corrected chi connectivity index (χ0v) is 14.3. The van der Waals surface area contributed by atoms with Crippen molar-refractivity contribution in [2.75, 3.05) is 5.32 Å². The number of aryl methyl sites for hydroxylation is 1. The van der Waals surface area contributed by atoms with Gasteiger partial charge in [0.1, 0.15) is 18.0 Å². The monoisotopic (exact) mass is 374 g/mol. The molecule has 3 aromatic rings. The van der Waals surface area contributed by atoms with Gasteiger partial charge >= 0.3 is 5.69 Å². The predicted octanol–water partition coefficient (Wildman–Crippen LogP) is 4.87. The molecule has 0 bridgehead atoms. The molecule has 6 nitrogen and oxygen atoms in total. The molecule has 132 valence electrons. The number of nitro groups is 1. The molecule has 0 radical (unpaired) electrons. The fourth-order valence-corrected chi connectivity index (χ4v) is 3.00. The number of nitrogens with zero attached hydrogens (tertiary/aromatic N) is 3. The quantitative estimate of drug-likeness (QED) is 0.390. The van der Waals surface area contributed by atoms with Crippen LogP contribution in [0.5, 0.6) is 0 Å². The van der Waals surface area contributed by atoms with E-state index in [9.17, 15) is 18.9 Å². The van der Waals surface area contributed by atoms with Gasteiger partial charge in [0.15, 0.2) is 5.03 Å². The Hall–Kier alpha value is -3.07. The Labute approximate surface area is 151 Å². The third-order valence-electron chi connectivity index (χ3n) is 3.39. The lowest BCUT2D eigenvalue weighted by molar-refractivity contribution is -0.387. The fourth-order valence-electron chi connectivity index (χ4n) is 2.13. The molecule has 0 unspecified atom stereocenters. The first-order chi connectivity index (χ1) is 12.4. The van der Waals surface area contributed by atoms with E-state index in [1.807, 2.05) is 31.2 Å². The van der Waals surface area contributed by atoms with Crippen molar-refractivity contribution in [1.29, 1.82) is 0 Å². The van der Waals surface area contributed by atoms with Crippen molar-refractivity contribution >= 4 is 29.0 Å². The Morgan fingerprint density at radius 3 is 2.54 bits per heavy atom. The van der Waals surface area contributed by atoms with Gasteiger partial charge in [-0.05, 0) is 31.2 Å². The maximum absolute atomic E-state index is 13.8. The Bertz CT molecular complexity index is 967. The highest BCUT2D eigenvalue weighted by atomic mass is 32.2. The van der Waals surface area contributed by atoms with Gasteiger partial charge in [0.05, 0.1) is 10.6 Å². The van der Waals surface area contributed by atoms with E-state index in [-0.39, 0.29) is 16.5 Å². The van der Waals surface area contributed by atoms with Gasteiger partial charge in [-0.2, -0.15) is 0 Å². The average molecular weight is 374 g/mol. The lowest BCUT2D eigenvalue weighted by atomic mass is 10.2. The molecule has 26 heavy (non-hydrogen) atoms. The minimum Gasteiger partial charge on any atom is -0.332 e. The summed E-state index contributed by atoms with van der Waals surface area (Å²) in [6.45, 7) is 1.93. The smallest absolute Gasteiger partial charge is 0.332 e. The van der Waals surface area contributed by atoms with Crippen LogP contribution in [0.2, 0.25) is 0 Å². The van der Waals surface area contributed by atoms with Crippen LogP contribution in [0.1, 0.15) is 5.56 Å². The van der Waals surface area contributed by atoms with Crippen LogP contribution in [0.15, 0.2) is 58.7 Å². The van der Waals surface area contributed by atoms with Gasteiger partial charge in [-0.3, -0.25) is 10.1 Å². The number of benzene rings is 2. The molecule has 0 aliphatic rings. The van der Waals surface area contributed by atoms with Crippen molar-refractivity contribution in [3.8, 4) is 0 Å². The Morgan fingerprint density at radius 2 is 1.85 bits per heavy atom. The number of hydrogen-bond donors (Lipinski definition) is 1. The molecule has 0 aliphatic heterocycles. The summed E-state index contributed by atoms with van der Waals surface area (Å²) in [5.41, 5.74) is 0.385. The van der Waals surface area contributed by atoms with Crippen molar-refractivity contribution in [3.05, 3.63) is 76.1 Å². The van der Waals surface area contributed by atoms with Gasteiger partial charge in [0, 0.05) is 11.0 Å². The molecule has 0 atom stereocenters. The maximum atomic E-state index is 13.8. The summed E-state index contributed by atoms with van der Waals surface area (Å²) in [5, 5.41) is 14.1. The predicted molar refractivity (Wildman–Crippen MR) is 93.6 cm³/mol. The van der Waals surface area contributed by atoms with Crippen molar-refractivity contribution in [2.24, 2.45) is 0 Å². The van der Waals surface area contributed by atoms with Crippen LogP contribution in [0.4, 0.5) is 26.0 Å². The van der Waals surface area contributed by atoms with Crippen LogP contribution >= 0.6 is 11.8 Å². The second-order valence-electron chi connectivity index (χ2n) is 5.30. The molecule has 9 heteroatoms. The number of nitrogens with one attached hydrogen (secondary N) is 1. The van der Waals surface area contributed by atoms with Gasteiger partial charge in [-0.1, -0.05) is 29.5 Å². The van der Waals surface area contributed by atoms with Gasteiger partial charge in [-0.15, -0.1) is 0 Å². The van der Waals surface area contributed by atoms with E-state index < -0.39 is 22.2 Å². The van der Waals surface area contributed by atoms with Gasteiger partial charge < -0.3 is 5.32 Å². The molecule has 2 aromatic carbocycles. The molecule has 0 aliphatic carbocycles. The normalized spacial score (nSPS) is 10.6. The second-order valence-corrected chi connectivity index (χ2v) is 6.36. The molecular formula is C17H12F2N4O2S. The molecule has 0 amide bonds. The summed E-state index contributed by atoms with van der Waals surface area (Å²) in [4.78, 5) is 19.4. The van der Waals surface area contributed by atoms with Crippen molar-refractivity contribution < 1.29 is 13.7 Å². The first kappa shape index (κ1) is 17.7. The molecule has 3 rings (SSSR count). The average Bonchev–Trinajstić information content (AvgIpc) is 2.60. The number of hydrogen-bond acceptors (Lipinski definition) is 6. The number of halogens is 2. The summed E-state index contributed by atoms with van der Waals surface area (Å²) in [5.74, 6) is -1.66. The maximum Gasteiger partial charge on any atom is 0.343 e. The number of rotatable bonds is 5. The lowest BCUT2D eigenvalue weighted by Crippen LogP contribution is -2.04. The molecule has 0 fully saturated rings. The highest BCUT2D eigenvalue weighted by Gasteiger charge is 2.24. The minimum atomic E-state index is -0.757. The molecule has 0 spiro atoms. The first-order valence-electron chi connectivity index (χ1n) is 7.40. The van der Waals surface area contributed by atoms with Crippen LogP contribution in [0.3, 0.4) is 0 Å². The zero-order valence-electron chi connectivity index (χ0n) is 13.4. The van der Waals surface area contributed by atoms with Crippen molar-refractivity contribution in [3.63, 3.8) is 0 Å². The van der Waals surface area contributed by atoms with Crippen LogP contribution in [-0.2, 0) is 0 Å². The molecule has 1 N–H and O–H groups in total. The molecule has 1 aromatic heterocycles. The molecular weight excluding hydrogens is 362 g/mol. The zero-order chi connectivity index (χ0) is 18.7. The van der Waals surface area contributed by atoms with Crippen LogP contribution < -0.4 is 5.32 Å². The van der Waals surface area contributed by atoms with Crippen molar-refractivity contribution in [1.82, 2.24) is 9.97 Å². The molecule has 0 saturated heterocycles. The first-order valence-corrected chi connectivity index (χ1v) is 8.21. The third kappa shape index (κ3) is 3.94. The van der Waals surface area contributed by atoms with Gasteiger partial charge in [-0.25, -0.2) is 18.7 Å². The Kier molecular flexibility index (Phi) is 5.08. The molecule has 1 heterocycles. The summed E-state index contributed by atoms with van der Waals surface area (Å²) in [7, 11) is 0. The van der Waals surface area contributed by atoms with Gasteiger partial charge in [0.2, 0.25) is 5.82 Å². The third-order valence-corrected chi connectivity index (χ3v) is 4.39. The summed E-state index contributed by atoms with van der Waals surface area (Å²) in [6.07, 6.45) is 1.13. The summed E-state index contributed by atoms with van der Waals surface area (Å²) in [6, 6.07) is 10.1. The van der Waals surface area contributed by atoms with Crippen LogP contribution in [-0.4, -0.2) is 14.9 Å². The van der Waals surface area contributed by atoms with E-state index in [1.165, 1.54) is 0 Å². The number of aromatic nitrogens is 2.